The van der Waals surface area contributed by atoms with Gasteiger partial charge in [0.25, 0.3) is 6.43 Å². The minimum atomic E-state index is -3.18. The Morgan fingerprint density at radius 2 is 2.32 bits per heavy atom. The summed E-state index contributed by atoms with van der Waals surface area (Å²) in [6.45, 7) is 1.30. The molecule has 0 radical (unpaired) electrons. The Kier molecular flexibility index (Phi) is 4.12. The lowest BCUT2D eigenvalue weighted by Crippen LogP contribution is -2.51. The highest BCUT2D eigenvalue weighted by Crippen LogP contribution is 2.31. The van der Waals surface area contributed by atoms with E-state index in [4.69, 9.17) is 0 Å². The van der Waals surface area contributed by atoms with Crippen LogP contribution < -0.4 is 0 Å². The molecule has 0 saturated heterocycles. The van der Waals surface area contributed by atoms with Crippen LogP contribution in [-0.4, -0.2) is 53.6 Å². The van der Waals surface area contributed by atoms with Crippen LogP contribution in [-0.2, 0) is 11.3 Å². The number of hydrogen-bond donors (Lipinski definition) is 1. The second kappa shape index (κ2) is 5.71. The van der Waals surface area contributed by atoms with E-state index >= 15 is 0 Å². The summed E-state index contributed by atoms with van der Waals surface area (Å²) in [6.07, 6.45) is -2.90. The largest absolute Gasteiger partial charge is 0.490 e. The Morgan fingerprint density at radius 3 is 2.86 bits per heavy atom. The number of nitro groups is 1. The third-order valence-electron chi connectivity index (χ3n) is 2.98. The number of nitrogens with zero attached hydrogens (tertiary/aromatic N) is 6. The molecule has 0 aromatic carbocycles. The molecular weight excluding hydrogens is 306 g/mol. The normalized spacial score (nSPS) is 21.3. The van der Waals surface area contributed by atoms with Crippen LogP contribution >= 0.6 is 0 Å². The summed E-state index contributed by atoms with van der Waals surface area (Å²) in [6, 6.07) is 0. The molecule has 0 saturated carbocycles. The van der Waals surface area contributed by atoms with Crippen LogP contribution in [0.25, 0.3) is 0 Å². The Morgan fingerprint density at radius 1 is 1.64 bits per heavy atom. The predicted octanol–water partition coefficient (Wildman–Crippen LogP) is 0.138. The maximum Gasteiger partial charge on any atom is 0.490 e. The quantitative estimate of drug-likeness (QED) is 0.607. The van der Waals surface area contributed by atoms with Crippen molar-refractivity contribution in [2.24, 2.45) is 5.10 Å². The van der Waals surface area contributed by atoms with Crippen molar-refractivity contribution >= 4 is 17.6 Å². The van der Waals surface area contributed by atoms with Crippen molar-refractivity contribution in [3.05, 3.63) is 16.4 Å². The standard InChI is InChI=1S/C10H12F2N6O4/c1-6-4-10(20,8(11)12)17(14-6)7(19)2-3-16-5-13-9(15-16)18(21)22/h5,8,20H,2-4H2,1H3. The highest BCUT2D eigenvalue weighted by molar-refractivity contribution is 5.88. The van der Waals surface area contributed by atoms with Gasteiger partial charge in [-0.2, -0.15) is 14.8 Å². The summed E-state index contributed by atoms with van der Waals surface area (Å²) in [5, 5.41) is 27.7. The van der Waals surface area contributed by atoms with Crippen molar-refractivity contribution in [2.45, 2.75) is 38.5 Å². The van der Waals surface area contributed by atoms with Gasteiger partial charge in [-0.1, -0.05) is 4.98 Å². The van der Waals surface area contributed by atoms with Gasteiger partial charge in [-0.3, -0.25) is 4.79 Å². The summed E-state index contributed by atoms with van der Waals surface area (Å²) in [7, 11) is 0. The molecule has 12 heteroatoms. The molecule has 0 aliphatic carbocycles. The number of rotatable bonds is 5. The summed E-state index contributed by atoms with van der Waals surface area (Å²) in [5.74, 6) is -1.48. The molecule has 1 unspecified atom stereocenters. The van der Waals surface area contributed by atoms with E-state index in [2.05, 4.69) is 15.2 Å². The van der Waals surface area contributed by atoms with Gasteiger partial charge < -0.3 is 15.2 Å². The second-order valence-corrected chi connectivity index (χ2v) is 4.71. The van der Waals surface area contributed by atoms with Crippen molar-refractivity contribution in [3.8, 4) is 0 Å². The fourth-order valence-electron chi connectivity index (χ4n) is 1.98. The Labute approximate surface area is 122 Å². The second-order valence-electron chi connectivity index (χ2n) is 4.71. The number of aliphatic hydroxyl groups is 1. The molecule has 10 nitrogen and oxygen atoms in total. The molecule has 1 atom stereocenters. The zero-order chi connectivity index (χ0) is 16.5. The first kappa shape index (κ1) is 15.9. The Hall–Kier alpha value is -2.50. The minimum absolute atomic E-state index is 0.121. The van der Waals surface area contributed by atoms with E-state index < -0.39 is 35.4 Å². The van der Waals surface area contributed by atoms with Gasteiger partial charge in [-0.15, -0.1) is 0 Å². The number of amides is 1. The van der Waals surface area contributed by atoms with E-state index in [1.54, 1.807) is 0 Å². The molecule has 2 heterocycles. The molecule has 0 spiro atoms. The highest BCUT2D eigenvalue weighted by Gasteiger charge is 2.50. The Balaban J connectivity index is 2.03. The fourth-order valence-corrected chi connectivity index (χ4v) is 1.98. The molecular formula is C10H12F2N6O4. The number of halogens is 2. The first-order valence-electron chi connectivity index (χ1n) is 6.15. The minimum Gasteiger partial charge on any atom is -0.390 e. The average Bonchev–Trinajstić information content (AvgIpc) is 3.01. The van der Waals surface area contributed by atoms with E-state index in [0.717, 1.165) is 11.0 Å². The summed E-state index contributed by atoms with van der Waals surface area (Å²) < 4.78 is 26.9. The van der Waals surface area contributed by atoms with Crippen LogP contribution in [0.5, 0.6) is 0 Å². The van der Waals surface area contributed by atoms with Crippen molar-refractivity contribution in [1.29, 1.82) is 0 Å². The molecule has 1 N–H and O–H groups in total. The Bertz CT molecular complexity index is 633. The van der Waals surface area contributed by atoms with E-state index in [1.165, 1.54) is 6.92 Å². The molecule has 120 valence electrons. The molecule has 0 bridgehead atoms. The molecule has 22 heavy (non-hydrogen) atoms. The third-order valence-corrected chi connectivity index (χ3v) is 2.98. The van der Waals surface area contributed by atoms with Crippen molar-refractivity contribution in [1.82, 2.24) is 19.8 Å². The molecule has 1 amide bonds. The van der Waals surface area contributed by atoms with Crippen molar-refractivity contribution in [3.63, 3.8) is 0 Å². The van der Waals surface area contributed by atoms with Gasteiger partial charge in [0, 0.05) is 23.7 Å². The first-order valence-corrected chi connectivity index (χ1v) is 6.15. The van der Waals surface area contributed by atoms with Crippen molar-refractivity contribution in [2.75, 3.05) is 0 Å². The van der Waals surface area contributed by atoms with Gasteiger partial charge in [0.15, 0.2) is 0 Å². The lowest BCUT2D eigenvalue weighted by Gasteiger charge is -2.29. The average molecular weight is 318 g/mol. The van der Waals surface area contributed by atoms with E-state index in [-0.39, 0.29) is 18.7 Å². The van der Waals surface area contributed by atoms with Crippen LogP contribution in [0.3, 0.4) is 0 Å². The van der Waals surface area contributed by atoms with Crippen molar-refractivity contribution < 1.29 is 23.6 Å². The maximum absolute atomic E-state index is 12.9. The lowest BCUT2D eigenvalue weighted by molar-refractivity contribution is -0.394. The highest BCUT2D eigenvalue weighted by atomic mass is 19.3. The van der Waals surface area contributed by atoms with Crippen LogP contribution in [0.2, 0.25) is 0 Å². The predicted molar refractivity (Wildman–Crippen MR) is 66.8 cm³/mol. The number of hydrazone groups is 1. The number of aryl methyl sites for hydroxylation is 1. The summed E-state index contributed by atoms with van der Waals surface area (Å²) in [5.41, 5.74) is -2.46. The van der Waals surface area contributed by atoms with E-state index in [9.17, 15) is 28.8 Å². The number of aromatic nitrogens is 3. The summed E-state index contributed by atoms with van der Waals surface area (Å²) in [4.78, 5) is 25.0. The van der Waals surface area contributed by atoms with E-state index in [0.29, 0.717) is 5.01 Å². The molecule has 0 fully saturated rings. The van der Waals surface area contributed by atoms with E-state index in [1.807, 2.05) is 0 Å². The maximum atomic E-state index is 12.9. The number of hydrogen-bond acceptors (Lipinski definition) is 7. The molecule has 2 rings (SSSR count). The fraction of sp³-hybridized carbons (Fsp3) is 0.600. The topological polar surface area (TPSA) is 127 Å². The van der Waals surface area contributed by atoms with Gasteiger partial charge in [0.2, 0.25) is 18.0 Å². The number of carbonyl (C=O) groups excluding carboxylic acids is 1. The smallest absolute Gasteiger partial charge is 0.390 e. The molecule has 1 aliphatic rings. The molecule has 1 aromatic heterocycles. The lowest BCUT2D eigenvalue weighted by atomic mass is 10.1. The zero-order valence-electron chi connectivity index (χ0n) is 11.4. The monoisotopic (exact) mass is 318 g/mol. The van der Waals surface area contributed by atoms with Crippen LogP contribution in [0.1, 0.15) is 19.8 Å². The van der Waals surface area contributed by atoms with Gasteiger partial charge in [0.05, 0.1) is 6.54 Å². The van der Waals surface area contributed by atoms with Crippen LogP contribution in [0.4, 0.5) is 14.7 Å². The number of alkyl halides is 2. The van der Waals surface area contributed by atoms with Crippen LogP contribution in [0, 0.1) is 10.1 Å². The first-order chi connectivity index (χ1) is 10.2. The van der Waals surface area contributed by atoms with Crippen LogP contribution in [0.15, 0.2) is 11.4 Å². The third kappa shape index (κ3) is 2.90. The number of carbonyl (C=O) groups is 1. The molecule has 1 aliphatic heterocycles. The van der Waals surface area contributed by atoms with Gasteiger partial charge in [0.1, 0.15) is 0 Å². The van der Waals surface area contributed by atoms with Gasteiger partial charge in [-0.25, -0.2) is 8.78 Å². The zero-order valence-corrected chi connectivity index (χ0v) is 11.4. The SMILES string of the molecule is CC1=NN(C(=O)CCn2cnc([N+](=O)[O-])n2)C(O)(C(F)F)C1. The summed E-state index contributed by atoms with van der Waals surface area (Å²) >= 11 is 0. The van der Waals surface area contributed by atoms with Gasteiger partial charge in [-0.05, 0) is 11.8 Å². The van der Waals surface area contributed by atoms with Gasteiger partial charge >= 0.3 is 5.95 Å². The molecule has 1 aromatic rings.